The molecule has 9 nitrogen and oxygen atoms in total. The van der Waals surface area contributed by atoms with Gasteiger partial charge in [-0.1, -0.05) is 26.2 Å². The molecule has 2 aliphatic rings. The maximum Gasteiger partial charge on any atom is 0.319 e. The lowest BCUT2D eigenvalue weighted by Crippen LogP contribution is -2.47. The number of aromatic nitrogens is 1. The number of aliphatic hydroxyl groups excluding tert-OH is 1. The van der Waals surface area contributed by atoms with Crippen LogP contribution in [0.15, 0.2) is 42.7 Å². The number of anilines is 1. The normalized spacial score (nSPS) is 21.3. The van der Waals surface area contributed by atoms with E-state index in [1.54, 1.807) is 17.3 Å². The number of hydrogen-bond donors (Lipinski definition) is 3. The molecule has 9 heteroatoms. The molecule has 0 saturated heterocycles. The fraction of sp³-hybridized carbons (Fsp3) is 0.567. The van der Waals surface area contributed by atoms with Crippen molar-refractivity contribution < 1.29 is 19.4 Å². The summed E-state index contributed by atoms with van der Waals surface area (Å²) in [6.45, 7) is 5.73. The second kappa shape index (κ2) is 13.8. The molecule has 1 fully saturated rings. The lowest BCUT2D eigenvalue weighted by molar-refractivity contribution is -0.134. The van der Waals surface area contributed by atoms with Gasteiger partial charge in [0.2, 0.25) is 5.91 Å². The van der Waals surface area contributed by atoms with Crippen LogP contribution in [0.3, 0.4) is 0 Å². The lowest BCUT2D eigenvalue weighted by Gasteiger charge is -2.34. The minimum Gasteiger partial charge on any atom is -0.488 e. The number of benzene rings is 1. The molecule has 4 rings (SSSR count). The van der Waals surface area contributed by atoms with Crippen molar-refractivity contribution in [3.63, 3.8) is 0 Å². The van der Waals surface area contributed by atoms with Gasteiger partial charge in [0.15, 0.2) is 0 Å². The number of urea groups is 1. The second-order valence-electron chi connectivity index (χ2n) is 11.2. The van der Waals surface area contributed by atoms with Gasteiger partial charge in [-0.3, -0.25) is 14.7 Å². The largest absolute Gasteiger partial charge is 0.488 e. The molecule has 0 bridgehead atoms. The Labute approximate surface area is 231 Å². The van der Waals surface area contributed by atoms with Crippen LogP contribution >= 0.6 is 0 Å². The van der Waals surface area contributed by atoms with Gasteiger partial charge in [-0.2, -0.15) is 0 Å². The average molecular weight is 538 g/mol. The number of amides is 3. The number of carbonyl (C=O) groups is 2. The summed E-state index contributed by atoms with van der Waals surface area (Å²) in [4.78, 5) is 34.2. The number of rotatable bonds is 8. The molecular formula is C30H43N5O4. The van der Waals surface area contributed by atoms with Gasteiger partial charge in [0, 0.05) is 55.2 Å². The molecule has 2 aromatic rings. The van der Waals surface area contributed by atoms with E-state index in [1.165, 1.54) is 6.42 Å². The number of carbonyl (C=O) groups excluding carboxylic acids is 2. The van der Waals surface area contributed by atoms with Crippen LogP contribution < -0.4 is 15.4 Å². The molecule has 212 valence electrons. The van der Waals surface area contributed by atoms with E-state index < -0.39 is 0 Å². The monoisotopic (exact) mass is 537 g/mol. The van der Waals surface area contributed by atoms with E-state index in [1.807, 2.05) is 37.3 Å². The van der Waals surface area contributed by atoms with Crippen LogP contribution in [0.4, 0.5) is 10.5 Å². The zero-order valence-electron chi connectivity index (χ0n) is 23.4. The number of nitrogens with one attached hydrogen (secondary N) is 2. The molecule has 0 radical (unpaired) electrons. The smallest absolute Gasteiger partial charge is 0.319 e. The van der Waals surface area contributed by atoms with Gasteiger partial charge in [-0.15, -0.1) is 0 Å². The summed E-state index contributed by atoms with van der Waals surface area (Å²) < 4.78 is 6.61. The molecule has 1 aromatic heterocycles. The molecule has 0 unspecified atom stereocenters. The van der Waals surface area contributed by atoms with Gasteiger partial charge in [-0.05, 0) is 62.7 Å². The zero-order chi connectivity index (χ0) is 27.8. The SMILES string of the molecule is C[C@H]1CN([C@@H](C)CO)C(=O)Cc2cc(NC(=O)NC3CCCCC3)ccc2O[C@H]1CN(C)Cc1ccncc1. The minimum absolute atomic E-state index is 0.0212. The van der Waals surface area contributed by atoms with Crippen LogP contribution in [0.5, 0.6) is 5.75 Å². The van der Waals surface area contributed by atoms with E-state index in [-0.39, 0.29) is 49.1 Å². The Morgan fingerprint density at radius 1 is 1.21 bits per heavy atom. The van der Waals surface area contributed by atoms with E-state index in [0.717, 1.165) is 43.4 Å². The van der Waals surface area contributed by atoms with Crippen molar-refractivity contribution >= 4 is 17.6 Å². The van der Waals surface area contributed by atoms with Crippen LogP contribution in [0.1, 0.15) is 57.1 Å². The lowest BCUT2D eigenvalue weighted by atomic mass is 9.96. The van der Waals surface area contributed by atoms with E-state index in [9.17, 15) is 14.7 Å². The Kier molecular flexibility index (Phi) is 10.2. The number of ether oxygens (including phenoxy) is 1. The second-order valence-corrected chi connectivity index (χ2v) is 11.2. The highest BCUT2D eigenvalue weighted by atomic mass is 16.5. The molecule has 1 aromatic carbocycles. The summed E-state index contributed by atoms with van der Waals surface area (Å²) in [7, 11) is 2.06. The van der Waals surface area contributed by atoms with Crippen molar-refractivity contribution in [2.24, 2.45) is 5.92 Å². The summed E-state index contributed by atoms with van der Waals surface area (Å²) >= 11 is 0. The summed E-state index contributed by atoms with van der Waals surface area (Å²) in [6.07, 6.45) is 9.05. The number of aliphatic hydroxyl groups is 1. The average Bonchev–Trinajstić information content (AvgIpc) is 2.97. The van der Waals surface area contributed by atoms with Crippen LogP contribution in [0.2, 0.25) is 0 Å². The molecule has 1 saturated carbocycles. The van der Waals surface area contributed by atoms with Gasteiger partial charge < -0.3 is 25.4 Å². The molecule has 3 atom stereocenters. The van der Waals surface area contributed by atoms with E-state index >= 15 is 0 Å². The van der Waals surface area contributed by atoms with Crippen LogP contribution in [0.25, 0.3) is 0 Å². The summed E-state index contributed by atoms with van der Waals surface area (Å²) in [6, 6.07) is 9.20. The zero-order valence-corrected chi connectivity index (χ0v) is 23.4. The first-order valence-electron chi connectivity index (χ1n) is 14.2. The Bertz CT molecular complexity index is 1090. The van der Waals surface area contributed by atoms with Gasteiger partial charge >= 0.3 is 6.03 Å². The molecule has 3 N–H and O–H groups in total. The number of likely N-dealkylation sites (N-methyl/N-ethyl adjacent to an activating group) is 1. The van der Waals surface area contributed by atoms with Crippen molar-refractivity contribution in [2.75, 3.05) is 32.1 Å². The van der Waals surface area contributed by atoms with Crippen LogP contribution in [0, 0.1) is 5.92 Å². The predicted molar refractivity (Wildman–Crippen MR) is 152 cm³/mol. The number of nitrogens with zero attached hydrogens (tertiary/aromatic N) is 3. The van der Waals surface area contributed by atoms with E-state index in [0.29, 0.717) is 24.5 Å². The Hall–Kier alpha value is -3.17. The van der Waals surface area contributed by atoms with Gasteiger partial charge in [0.25, 0.3) is 0 Å². The van der Waals surface area contributed by atoms with Crippen molar-refractivity contribution in [2.45, 2.75) is 77.1 Å². The minimum atomic E-state index is -0.306. The molecule has 2 heterocycles. The maximum atomic E-state index is 13.4. The van der Waals surface area contributed by atoms with Crippen molar-refractivity contribution in [1.82, 2.24) is 20.1 Å². The summed E-state index contributed by atoms with van der Waals surface area (Å²) in [5, 5.41) is 15.9. The molecule has 1 aliphatic carbocycles. The van der Waals surface area contributed by atoms with Crippen LogP contribution in [-0.2, 0) is 17.8 Å². The van der Waals surface area contributed by atoms with Gasteiger partial charge in [-0.25, -0.2) is 4.79 Å². The van der Waals surface area contributed by atoms with Crippen molar-refractivity contribution in [3.05, 3.63) is 53.9 Å². The third-order valence-corrected chi connectivity index (χ3v) is 7.81. The van der Waals surface area contributed by atoms with E-state index in [4.69, 9.17) is 4.74 Å². The fourth-order valence-corrected chi connectivity index (χ4v) is 5.50. The highest BCUT2D eigenvalue weighted by Crippen LogP contribution is 2.29. The third kappa shape index (κ3) is 8.16. The molecular weight excluding hydrogens is 494 g/mol. The fourth-order valence-electron chi connectivity index (χ4n) is 5.50. The quantitative estimate of drug-likeness (QED) is 0.473. The Morgan fingerprint density at radius 3 is 2.67 bits per heavy atom. The topological polar surface area (TPSA) is 107 Å². The molecule has 1 aliphatic heterocycles. The third-order valence-electron chi connectivity index (χ3n) is 7.81. The molecule has 0 spiro atoms. The Balaban J connectivity index is 1.53. The van der Waals surface area contributed by atoms with Crippen LogP contribution in [-0.4, -0.2) is 76.8 Å². The van der Waals surface area contributed by atoms with Crippen molar-refractivity contribution in [1.29, 1.82) is 0 Å². The standard InChI is InChI=1S/C30H43N5O4/c1-21-17-35(22(2)20-36)29(37)16-24-15-26(33-30(38)32-25-7-5-4-6-8-25)9-10-27(24)39-28(21)19-34(3)18-23-11-13-31-14-12-23/h9-15,21-22,25,28,36H,4-8,16-20H2,1-3H3,(H2,32,33,38)/t21-,22-,28-/m0/s1. The molecule has 39 heavy (non-hydrogen) atoms. The summed E-state index contributed by atoms with van der Waals surface area (Å²) in [5.74, 6) is 0.602. The van der Waals surface area contributed by atoms with E-state index in [2.05, 4.69) is 34.5 Å². The molecule has 3 amide bonds. The Morgan fingerprint density at radius 2 is 1.95 bits per heavy atom. The highest BCUT2D eigenvalue weighted by Gasteiger charge is 2.31. The van der Waals surface area contributed by atoms with Crippen molar-refractivity contribution in [3.8, 4) is 5.75 Å². The predicted octanol–water partition coefficient (Wildman–Crippen LogP) is 3.82. The highest BCUT2D eigenvalue weighted by molar-refractivity contribution is 5.90. The number of pyridine rings is 1. The first kappa shape index (κ1) is 28.8. The van der Waals surface area contributed by atoms with Gasteiger partial charge in [0.05, 0.1) is 19.1 Å². The number of hydrogen-bond acceptors (Lipinski definition) is 6. The first-order valence-corrected chi connectivity index (χ1v) is 14.2. The summed E-state index contributed by atoms with van der Waals surface area (Å²) in [5.41, 5.74) is 2.51. The first-order chi connectivity index (χ1) is 18.8. The van der Waals surface area contributed by atoms with Gasteiger partial charge in [0.1, 0.15) is 11.9 Å². The number of fused-ring (bicyclic) bond motifs is 1. The maximum absolute atomic E-state index is 13.4.